The number of unbranched alkanes of at least 4 members (excludes halogenated alkanes) is 5. The maximum Gasteiger partial charge on any atom is 0.303 e. The Labute approximate surface area is 245 Å². The predicted molar refractivity (Wildman–Crippen MR) is 165 cm³/mol. The lowest BCUT2D eigenvalue weighted by molar-refractivity contribution is -0.137. The SMILES string of the molecule is CCCCCCOc1ccc(-c2nn(-c3ccccc3)cc2C=C2SC(=S)N(CCCCCC(=O)O)C2=O)cc1. The average molecular weight is 578 g/mol. The van der Waals surface area contributed by atoms with Gasteiger partial charge in [0.25, 0.3) is 5.91 Å². The Hall–Kier alpha value is -3.43. The van der Waals surface area contributed by atoms with Crippen molar-refractivity contribution in [1.29, 1.82) is 0 Å². The minimum Gasteiger partial charge on any atom is -0.494 e. The van der Waals surface area contributed by atoms with Gasteiger partial charge in [0, 0.05) is 30.3 Å². The summed E-state index contributed by atoms with van der Waals surface area (Å²) in [5, 5.41) is 13.7. The second kappa shape index (κ2) is 14.8. The average Bonchev–Trinajstić information content (AvgIpc) is 3.49. The first-order valence-corrected chi connectivity index (χ1v) is 15.0. The van der Waals surface area contributed by atoms with Gasteiger partial charge in [0.05, 0.1) is 22.9 Å². The predicted octanol–water partition coefficient (Wildman–Crippen LogP) is 7.34. The van der Waals surface area contributed by atoms with Crippen LogP contribution < -0.4 is 4.74 Å². The van der Waals surface area contributed by atoms with Gasteiger partial charge in [-0.2, -0.15) is 5.10 Å². The van der Waals surface area contributed by atoms with Crippen molar-refractivity contribution in [1.82, 2.24) is 14.7 Å². The molecule has 210 valence electrons. The number of aromatic nitrogens is 2. The molecule has 1 saturated heterocycles. The first kappa shape index (κ1) is 29.6. The molecule has 1 aliphatic rings. The Morgan fingerprint density at radius 3 is 2.50 bits per heavy atom. The van der Waals surface area contributed by atoms with E-state index in [1.807, 2.05) is 71.6 Å². The quantitative estimate of drug-likeness (QED) is 0.115. The fourth-order valence-corrected chi connectivity index (χ4v) is 5.71. The molecule has 1 fully saturated rings. The lowest BCUT2D eigenvalue weighted by Gasteiger charge is -2.13. The molecule has 2 heterocycles. The topological polar surface area (TPSA) is 84.7 Å². The van der Waals surface area contributed by atoms with E-state index in [-0.39, 0.29) is 12.3 Å². The monoisotopic (exact) mass is 577 g/mol. The number of nitrogens with zero attached hydrogens (tertiary/aromatic N) is 3. The molecular weight excluding hydrogens is 542 g/mol. The van der Waals surface area contributed by atoms with Gasteiger partial charge < -0.3 is 9.84 Å². The zero-order valence-corrected chi connectivity index (χ0v) is 24.4. The number of thiocarbonyl (C=S) groups is 1. The van der Waals surface area contributed by atoms with Crippen molar-refractivity contribution in [3.05, 3.63) is 71.3 Å². The van der Waals surface area contributed by atoms with Gasteiger partial charge in [-0.05, 0) is 61.7 Å². The summed E-state index contributed by atoms with van der Waals surface area (Å²) < 4.78 is 8.26. The Morgan fingerprint density at radius 2 is 1.77 bits per heavy atom. The number of rotatable bonds is 15. The summed E-state index contributed by atoms with van der Waals surface area (Å²) in [6.45, 7) is 3.38. The van der Waals surface area contributed by atoms with Crippen LogP contribution >= 0.6 is 24.0 Å². The first-order chi connectivity index (χ1) is 19.5. The second-order valence-corrected chi connectivity index (χ2v) is 11.4. The summed E-state index contributed by atoms with van der Waals surface area (Å²) >= 11 is 6.80. The van der Waals surface area contributed by atoms with Crippen LogP contribution in [-0.2, 0) is 9.59 Å². The van der Waals surface area contributed by atoms with Crippen molar-refractivity contribution < 1.29 is 19.4 Å². The molecule has 1 aromatic heterocycles. The Morgan fingerprint density at radius 1 is 1.02 bits per heavy atom. The highest BCUT2D eigenvalue weighted by Gasteiger charge is 2.32. The number of carbonyl (C=O) groups excluding carboxylic acids is 1. The van der Waals surface area contributed by atoms with Gasteiger partial charge in [0.1, 0.15) is 10.1 Å². The van der Waals surface area contributed by atoms with Gasteiger partial charge in [-0.15, -0.1) is 0 Å². The highest BCUT2D eigenvalue weighted by Crippen LogP contribution is 2.35. The first-order valence-electron chi connectivity index (χ1n) is 13.8. The fraction of sp³-hybridized carbons (Fsp3) is 0.355. The van der Waals surface area contributed by atoms with Gasteiger partial charge in [-0.25, -0.2) is 4.68 Å². The molecule has 2 aromatic carbocycles. The zero-order valence-electron chi connectivity index (χ0n) is 22.8. The van der Waals surface area contributed by atoms with E-state index in [0.717, 1.165) is 41.1 Å². The molecule has 0 aliphatic carbocycles. The zero-order chi connectivity index (χ0) is 28.3. The van der Waals surface area contributed by atoms with E-state index in [4.69, 9.17) is 27.2 Å². The Bertz CT molecular complexity index is 1340. The maximum absolute atomic E-state index is 13.2. The molecule has 0 spiro atoms. The van der Waals surface area contributed by atoms with Crippen molar-refractivity contribution in [3.8, 4) is 22.7 Å². The molecule has 1 aliphatic heterocycles. The summed E-state index contributed by atoms with van der Waals surface area (Å²) in [5.41, 5.74) is 3.42. The summed E-state index contributed by atoms with van der Waals surface area (Å²) in [6.07, 6.45) is 10.6. The Kier molecular flexibility index (Phi) is 10.9. The minimum atomic E-state index is -0.801. The molecule has 3 aromatic rings. The van der Waals surface area contributed by atoms with Crippen LogP contribution in [0, 0.1) is 0 Å². The number of benzene rings is 2. The third kappa shape index (κ3) is 8.05. The lowest BCUT2D eigenvalue weighted by Crippen LogP contribution is -2.29. The molecule has 0 saturated carbocycles. The molecule has 0 radical (unpaired) electrons. The van der Waals surface area contributed by atoms with E-state index < -0.39 is 5.97 Å². The van der Waals surface area contributed by atoms with E-state index in [0.29, 0.717) is 35.2 Å². The van der Waals surface area contributed by atoms with Crippen molar-refractivity contribution in [3.63, 3.8) is 0 Å². The summed E-state index contributed by atoms with van der Waals surface area (Å²) in [4.78, 5) is 26.1. The highest BCUT2D eigenvalue weighted by atomic mass is 32.2. The van der Waals surface area contributed by atoms with E-state index >= 15 is 0 Å². The summed E-state index contributed by atoms with van der Waals surface area (Å²) in [5.74, 6) is -0.100. The number of hydrogen-bond donors (Lipinski definition) is 1. The van der Waals surface area contributed by atoms with Gasteiger partial charge in [0.15, 0.2) is 0 Å². The molecule has 1 amide bonds. The van der Waals surface area contributed by atoms with Crippen LogP contribution in [-0.4, -0.2) is 49.1 Å². The van der Waals surface area contributed by atoms with E-state index in [9.17, 15) is 9.59 Å². The molecule has 0 atom stereocenters. The van der Waals surface area contributed by atoms with Gasteiger partial charge in [-0.3, -0.25) is 14.5 Å². The fourth-order valence-electron chi connectivity index (χ4n) is 4.42. The van der Waals surface area contributed by atoms with Crippen LogP contribution in [0.2, 0.25) is 0 Å². The smallest absolute Gasteiger partial charge is 0.303 e. The molecule has 0 bridgehead atoms. The molecular formula is C31H35N3O4S2. The number of thioether (sulfide) groups is 1. The van der Waals surface area contributed by atoms with Crippen LogP contribution in [0.25, 0.3) is 23.0 Å². The van der Waals surface area contributed by atoms with Crippen molar-refractivity contribution in [2.45, 2.75) is 58.3 Å². The maximum atomic E-state index is 13.2. The molecule has 1 N–H and O–H groups in total. The van der Waals surface area contributed by atoms with Gasteiger partial charge >= 0.3 is 5.97 Å². The van der Waals surface area contributed by atoms with Crippen molar-refractivity contribution in [2.75, 3.05) is 13.2 Å². The number of para-hydroxylation sites is 1. The highest BCUT2D eigenvalue weighted by molar-refractivity contribution is 8.26. The number of carbonyl (C=O) groups is 2. The number of carboxylic acid groups (broad SMARTS) is 1. The van der Waals surface area contributed by atoms with Crippen LogP contribution in [0.15, 0.2) is 65.7 Å². The van der Waals surface area contributed by atoms with Crippen LogP contribution in [0.5, 0.6) is 5.75 Å². The van der Waals surface area contributed by atoms with Crippen LogP contribution in [0.1, 0.15) is 63.9 Å². The third-order valence-electron chi connectivity index (χ3n) is 6.59. The number of hydrogen-bond acceptors (Lipinski definition) is 6. The Balaban J connectivity index is 1.53. The summed E-state index contributed by atoms with van der Waals surface area (Å²) in [6, 6.07) is 17.8. The van der Waals surface area contributed by atoms with Gasteiger partial charge in [0.2, 0.25) is 0 Å². The van der Waals surface area contributed by atoms with Gasteiger partial charge in [-0.1, -0.05) is 74.8 Å². The normalized spacial score (nSPS) is 14.3. The third-order valence-corrected chi connectivity index (χ3v) is 7.97. The van der Waals surface area contributed by atoms with E-state index in [1.54, 1.807) is 4.90 Å². The number of ether oxygens (including phenoxy) is 1. The largest absolute Gasteiger partial charge is 0.494 e. The molecule has 0 unspecified atom stereocenters. The van der Waals surface area contributed by atoms with Crippen LogP contribution in [0.3, 0.4) is 0 Å². The van der Waals surface area contributed by atoms with Crippen molar-refractivity contribution >= 4 is 46.3 Å². The van der Waals surface area contributed by atoms with E-state index in [2.05, 4.69) is 6.92 Å². The van der Waals surface area contributed by atoms with Crippen LogP contribution in [0.4, 0.5) is 0 Å². The number of aliphatic carboxylic acids is 1. The minimum absolute atomic E-state index is 0.126. The second-order valence-electron chi connectivity index (χ2n) is 9.68. The van der Waals surface area contributed by atoms with E-state index in [1.165, 1.54) is 31.0 Å². The molecule has 9 heteroatoms. The summed E-state index contributed by atoms with van der Waals surface area (Å²) in [7, 11) is 0. The number of amides is 1. The molecule has 7 nitrogen and oxygen atoms in total. The molecule has 4 rings (SSSR count). The van der Waals surface area contributed by atoms with Crippen molar-refractivity contribution in [2.24, 2.45) is 0 Å². The number of carboxylic acids is 1. The lowest BCUT2D eigenvalue weighted by atomic mass is 10.1. The standard InChI is InChI=1S/C31H35N3O4S2/c1-2-3-4-11-20-38-26-17-15-23(16-18-26)29-24(22-34(32-29)25-12-7-5-8-13-25)21-27-30(37)33(31(39)40-27)19-10-6-9-14-28(35)36/h5,7-8,12-13,15-18,21-22H,2-4,6,9-11,14,19-20H2,1H3,(H,35,36). The molecule has 40 heavy (non-hydrogen) atoms.